The molecule has 0 spiro atoms. The number of hydrogen-bond donors (Lipinski definition) is 0. The van der Waals surface area contributed by atoms with Gasteiger partial charge in [0, 0.05) is 27.6 Å². The van der Waals surface area contributed by atoms with Crippen molar-refractivity contribution in [3.63, 3.8) is 0 Å². The van der Waals surface area contributed by atoms with Crippen LogP contribution in [0.25, 0.3) is 55.8 Å². The van der Waals surface area contributed by atoms with Crippen LogP contribution in [0, 0.1) is 0 Å². The summed E-state index contributed by atoms with van der Waals surface area (Å²) in [5, 5.41) is 1.03. The van der Waals surface area contributed by atoms with E-state index in [1.54, 1.807) is 0 Å². The van der Waals surface area contributed by atoms with Crippen LogP contribution in [0.1, 0.15) is 22.3 Å². The summed E-state index contributed by atoms with van der Waals surface area (Å²) in [6.07, 6.45) is 0. The minimum Gasteiger partial charge on any atom is -0.457 e. The van der Waals surface area contributed by atoms with E-state index in [0.29, 0.717) is 0 Å². The van der Waals surface area contributed by atoms with Gasteiger partial charge in [-0.3, -0.25) is 0 Å². The first kappa shape index (κ1) is 31.6. The van der Waals surface area contributed by atoms with E-state index in [4.69, 9.17) is 14.7 Å². The standard InChI is InChI=1S/C51H34N2O/c1-4-16-37(17-5-1)50-52-46-26-14-12-24-43(46)49(53-50)36-30-28-35(29-31-36)41-22-10-11-23-42(41)38-32-33-45-48(34-38)54-47-27-15-13-25-44(47)51(45,39-18-6-2-7-19-39)40-20-8-3-9-21-40/h1-34H. The van der Waals surface area contributed by atoms with Gasteiger partial charge in [-0.2, -0.15) is 0 Å². The fraction of sp³-hybridized carbons (Fsp3) is 0.0196. The molecule has 54 heavy (non-hydrogen) atoms. The monoisotopic (exact) mass is 690 g/mol. The van der Waals surface area contributed by atoms with E-state index in [1.807, 2.05) is 30.3 Å². The molecule has 8 aromatic carbocycles. The number of para-hydroxylation sites is 2. The number of aromatic nitrogens is 2. The molecule has 0 fully saturated rings. The molecule has 0 amide bonds. The number of rotatable bonds is 6. The lowest BCUT2D eigenvalue weighted by atomic mass is 9.63. The van der Waals surface area contributed by atoms with E-state index in [1.165, 1.54) is 11.1 Å². The van der Waals surface area contributed by atoms with E-state index in [-0.39, 0.29) is 0 Å². The summed E-state index contributed by atoms with van der Waals surface area (Å²) in [5.41, 5.74) is 12.5. The minimum atomic E-state index is -0.549. The predicted octanol–water partition coefficient (Wildman–Crippen LogP) is 12.8. The van der Waals surface area contributed by atoms with Gasteiger partial charge in [0.05, 0.1) is 16.6 Å². The number of hydrogen-bond acceptors (Lipinski definition) is 3. The van der Waals surface area contributed by atoms with E-state index >= 15 is 0 Å². The zero-order valence-corrected chi connectivity index (χ0v) is 29.4. The van der Waals surface area contributed by atoms with Crippen molar-refractivity contribution >= 4 is 10.9 Å². The van der Waals surface area contributed by atoms with Gasteiger partial charge in [-0.25, -0.2) is 9.97 Å². The molecule has 254 valence electrons. The number of benzene rings is 8. The molecule has 0 unspecified atom stereocenters. The highest BCUT2D eigenvalue weighted by molar-refractivity contribution is 5.94. The molecule has 10 rings (SSSR count). The van der Waals surface area contributed by atoms with Crippen molar-refractivity contribution in [3.8, 4) is 56.4 Å². The molecular formula is C51H34N2O. The van der Waals surface area contributed by atoms with Crippen LogP contribution in [-0.2, 0) is 5.41 Å². The van der Waals surface area contributed by atoms with Gasteiger partial charge in [-0.1, -0.05) is 188 Å². The Hall–Kier alpha value is -7.10. The van der Waals surface area contributed by atoms with Crippen molar-refractivity contribution in [2.75, 3.05) is 0 Å². The van der Waals surface area contributed by atoms with Crippen LogP contribution >= 0.6 is 0 Å². The molecule has 3 nitrogen and oxygen atoms in total. The van der Waals surface area contributed by atoms with Crippen molar-refractivity contribution in [2.24, 2.45) is 0 Å². The van der Waals surface area contributed by atoms with Gasteiger partial charge in [0.15, 0.2) is 5.82 Å². The van der Waals surface area contributed by atoms with Gasteiger partial charge in [0.1, 0.15) is 11.5 Å². The lowest BCUT2D eigenvalue weighted by molar-refractivity contribution is 0.435. The minimum absolute atomic E-state index is 0.549. The predicted molar refractivity (Wildman–Crippen MR) is 220 cm³/mol. The molecule has 1 aromatic heterocycles. The Labute approximate surface area is 314 Å². The normalized spacial score (nSPS) is 12.7. The van der Waals surface area contributed by atoms with Crippen molar-refractivity contribution < 1.29 is 4.74 Å². The molecule has 0 aliphatic carbocycles. The third-order valence-corrected chi connectivity index (χ3v) is 10.7. The van der Waals surface area contributed by atoms with Gasteiger partial charge in [0.25, 0.3) is 0 Å². The van der Waals surface area contributed by atoms with Crippen LogP contribution in [0.2, 0.25) is 0 Å². The number of ether oxygens (including phenoxy) is 1. The molecule has 0 atom stereocenters. The van der Waals surface area contributed by atoms with Gasteiger partial charge < -0.3 is 4.74 Å². The number of fused-ring (bicyclic) bond motifs is 3. The summed E-state index contributed by atoms with van der Waals surface area (Å²) in [4.78, 5) is 10.0. The molecule has 9 aromatic rings. The molecule has 1 aliphatic heterocycles. The van der Waals surface area contributed by atoms with Gasteiger partial charge in [0.2, 0.25) is 0 Å². The fourth-order valence-corrected chi connectivity index (χ4v) is 8.19. The Morgan fingerprint density at radius 3 is 1.63 bits per heavy atom. The van der Waals surface area contributed by atoms with E-state index in [2.05, 4.69) is 176 Å². The summed E-state index contributed by atoms with van der Waals surface area (Å²) in [5.74, 6) is 2.44. The maximum atomic E-state index is 6.81. The SMILES string of the molecule is c1ccc(-c2nc(-c3ccc(-c4ccccc4-c4ccc5c(c4)Oc4ccccc4C5(c4ccccc4)c4ccccc4)cc3)c3ccccc3n2)cc1. The summed E-state index contributed by atoms with van der Waals surface area (Å²) in [7, 11) is 0. The van der Waals surface area contributed by atoms with Crippen molar-refractivity contribution in [2.45, 2.75) is 5.41 Å². The Bertz CT molecular complexity index is 2740. The first-order valence-electron chi connectivity index (χ1n) is 18.3. The average molecular weight is 691 g/mol. The van der Waals surface area contributed by atoms with Crippen LogP contribution in [-0.4, -0.2) is 9.97 Å². The molecule has 2 heterocycles. The molecular weight excluding hydrogens is 657 g/mol. The molecule has 3 heteroatoms. The maximum absolute atomic E-state index is 6.81. The Morgan fingerprint density at radius 2 is 0.907 bits per heavy atom. The average Bonchev–Trinajstić information content (AvgIpc) is 3.26. The molecule has 0 radical (unpaired) electrons. The summed E-state index contributed by atoms with van der Waals surface area (Å²) in [6, 6.07) is 72.6. The number of nitrogens with zero attached hydrogens (tertiary/aromatic N) is 2. The van der Waals surface area contributed by atoms with Crippen LogP contribution in [0.5, 0.6) is 11.5 Å². The molecule has 0 N–H and O–H groups in total. The Kier molecular flexibility index (Phi) is 7.70. The second-order valence-electron chi connectivity index (χ2n) is 13.7. The van der Waals surface area contributed by atoms with E-state index in [0.717, 1.165) is 78.4 Å². The quantitative estimate of drug-likeness (QED) is 0.174. The highest BCUT2D eigenvalue weighted by atomic mass is 16.5. The Balaban J connectivity index is 1.08. The maximum Gasteiger partial charge on any atom is 0.160 e. The summed E-state index contributed by atoms with van der Waals surface area (Å²) < 4.78 is 6.81. The van der Waals surface area contributed by atoms with Gasteiger partial charge >= 0.3 is 0 Å². The zero-order chi connectivity index (χ0) is 35.9. The largest absolute Gasteiger partial charge is 0.457 e. The highest BCUT2D eigenvalue weighted by Crippen LogP contribution is 2.56. The van der Waals surface area contributed by atoms with Crippen molar-refractivity contribution in [1.82, 2.24) is 9.97 Å². The third-order valence-electron chi connectivity index (χ3n) is 10.7. The van der Waals surface area contributed by atoms with Gasteiger partial charge in [-0.15, -0.1) is 0 Å². The van der Waals surface area contributed by atoms with E-state index in [9.17, 15) is 0 Å². The third kappa shape index (κ3) is 5.21. The van der Waals surface area contributed by atoms with Crippen LogP contribution in [0.15, 0.2) is 206 Å². The molecule has 0 saturated carbocycles. The first-order valence-corrected chi connectivity index (χ1v) is 18.3. The second kappa shape index (κ2) is 13.1. The van der Waals surface area contributed by atoms with Crippen molar-refractivity contribution in [1.29, 1.82) is 0 Å². The van der Waals surface area contributed by atoms with Crippen LogP contribution in [0.3, 0.4) is 0 Å². The smallest absolute Gasteiger partial charge is 0.160 e. The highest BCUT2D eigenvalue weighted by Gasteiger charge is 2.45. The second-order valence-corrected chi connectivity index (χ2v) is 13.7. The fourth-order valence-electron chi connectivity index (χ4n) is 8.19. The zero-order valence-electron chi connectivity index (χ0n) is 29.4. The van der Waals surface area contributed by atoms with E-state index < -0.39 is 5.41 Å². The van der Waals surface area contributed by atoms with Crippen LogP contribution in [0.4, 0.5) is 0 Å². The van der Waals surface area contributed by atoms with Gasteiger partial charge in [-0.05, 0) is 51.6 Å². The van der Waals surface area contributed by atoms with Crippen LogP contribution < -0.4 is 4.74 Å². The molecule has 0 bridgehead atoms. The van der Waals surface area contributed by atoms with Crippen molar-refractivity contribution in [3.05, 3.63) is 229 Å². The molecule has 0 saturated heterocycles. The topological polar surface area (TPSA) is 35.0 Å². The lowest BCUT2D eigenvalue weighted by Crippen LogP contribution is -2.34. The summed E-state index contributed by atoms with van der Waals surface area (Å²) in [6.45, 7) is 0. The molecule has 1 aliphatic rings. The Morgan fingerprint density at radius 1 is 0.370 bits per heavy atom. The first-order chi connectivity index (χ1) is 26.8. The lowest BCUT2D eigenvalue weighted by Gasteiger charge is -2.41. The summed E-state index contributed by atoms with van der Waals surface area (Å²) >= 11 is 0.